The molecule has 0 spiro atoms. The molecule has 1 aromatic rings. The van der Waals surface area contributed by atoms with E-state index in [1.54, 1.807) is 9.80 Å². The Kier molecular flexibility index (Phi) is 6.71. The number of hydrogen-bond donors (Lipinski definition) is 1. The first-order chi connectivity index (χ1) is 16.2. The highest BCUT2D eigenvalue weighted by molar-refractivity contribution is 5.88. The van der Waals surface area contributed by atoms with Gasteiger partial charge in [-0.2, -0.15) is 0 Å². The Morgan fingerprint density at radius 1 is 1.06 bits per heavy atom. The zero-order valence-corrected chi connectivity index (χ0v) is 19.2. The summed E-state index contributed by atoms with van der Waals surface area (Å²) in [6.45, 7) is 1.81. The van der Waals surface area contributed by atoms with E-state index in [0.717, 1.165) is 24.0 Å². The van der Waals surface area contributed by atoms with E-state index in [0.29, 0.717) is 25.7 Å². The Bertz CT molecular complexity index is 922. The summed E-state index contributed by atoms with van der Waals surface area (Å²) in [4.78, 5) is 29.5. The highest BCUT2D eigenvalue weighted by Crippen LogP contribution is 2.43. The van der Waals surface area contributed by atoms with Crippen molar-refractivity contribution in [2.75, 3.05) is 32.9 Å². The van der Waals surface area contributed by atoms with Gasteiger partial charge >= 0.3 is 0 Å². The van der Waals surface area contributed by atoms with Gasteiger partial charge in [0.25, 0.3) is 0 Å². The van der Waals surface area contributed by atoms with Crippen molar-refractivity contribution in [3.63, 3.8) is 0 Å². The van der Waals surface area contributed by atoms with Gasteiger partial charge in [-0.05, 0) is 43.4 Å². The van der Waals surface area contributed by atoms with Crippen molar-refractivity contribution in [2.24, 2.45) is 11.8 Å². The summed E-state index contributed by atoms with van der Waals surface area (Å²) in [5.74, 6) is 7.29. The minimum atomic E-state index is -0.220. The molecule has 33 heavy (non-hydrogen) atoms. The van der Waals surface area contributed by atoms with Crippen LogP contribution in [0.1, 0.15) is 62.0 Å². The normalized spacial score (nSPS) is 28.5. The molecule has 3 atom stereocenters. The molecule has 1 aliphatic carbocycles. The molecule has 176 valence electrons. The molecule has 2 amide bonds. The average molecular weight is 451 g/mol. The summed E-state index contributed by atoms with van der Waals surface area (Å²) in [5, 5.41) is 10.0. The van der Waals surface area contributed by atoms with Crippen LogP contribution in [-0.2, 0) is 14.3 Å². The van der Waals surface area contributed by atoms with E-state index in [1.807, 2.05) is 0 Å². The first-order valence-corrected chi connectivity index (χ1v) is 12.6. The average Bonchev–Trinajstić information content (AvgIpc) is 2.85. The number of aliphatic hydroxyl groups excluding tert-OH is 1. The predicted octanol–water partition coefficient (Wildman–Crippen LogP) is 2.54. The minimum Gasteiger partial charge on any atom is -0.394 e. The lowest BCUT2D eigenvalue weighted by atomic mass is 9.73. The number of carbonyl (C=O) groups excluding carboxylic acids is 2. The monoisotopic (exact) mass is 450 g/mol. The van der Waals surface area contributed by atoms with Crippen LogP contribution < -0.4 is 0 Å². The van der Waals surface area contributed by atoms with Gasteiger partial charge in [0.05, 0.1) is 25.2 Å². The molecule has 1 N–H and O–H groups in total. The van der Waals surface area contributed by atoms with Gasteiger partial charge in [-0.1, -0.05) is 43.2 Å². The van der Waals surface area contributed by atoms with Crippen LogP contribution in [0.15, 0.2) is 24.3 Å². The number of piperazine rings is 1. The SMILES string of the molecule is O=C(C1CCOCC1)N1CC(=O)N2[C@H](CO)[C@H](c3ccc(C#CC4CCCCC4)cc3)[C@H]2C1. The van der Waals surface area contributed by atoms with Crippen LogP contribution in [0.4, 0.5) is 0 Å². The number of benzene rings is 1. The highest BCUT2D eigenvalue weighted by Gasteiger charge is 2.54. The van der Waals surface area contributed by atoms with Crippen LogP contribution in [0.5, 0.6) is 0 Å². The van der Waals surface area contributed by atoms with Crippen molar-refractivity contribution < 1.29 is 19.4 Å². The van der Waals surface area contributed by atoms with E-state index < -0.39 is 0 Å². The fourth-order valence-electron chi connectivity index (χ4n) is 6.09. The molecule has 6 nitrogen and oxygen atoms in total. The summed E-state index contributed by atoms with van der Waals surface area (Å²) in [5.41, 5.74) is 2.11. The number of fused-ring (bicyclic) bond motifs is 1. The summed E-state index contributed by atoms with van der Waals surface area (Å²) in [6, 6.07) is 7.97. The number of ether oxygens (including phenoxy) is 1. The maximum absolute atomic E-state index is 13.1. The van der Waals surface area contributed by atoms with Crippen LogP contribution in [0.3, 0.4) is 0 Å². The van der Waals surface area contributed by atoms with E-state index in [2.05, 4.69) is 36.1 Å². The van der Waals surface area contributed by atoms with Crippen LogP contribution in [0.25, 0.3) is 0 Å². The maximum atomic E-state index is 13.1. The Hall–Kier alpha value is -2.36. The first kappa shape index (κ1) is 22.4. The Morgan fingerprint density at radius 3 is 2.48 bits per heavy atom. The van der Waals surface area contributed by atoms with Gasteiger partial charge in [0.2, 0.25) is 11.8 Å². The fraction of sp³-hybridized carbons (Fsp3) is 0.630. The number of rotatable bonds is 3. The van der Waals surface area contributed by atoms with E-state index in [-0.39, 0.29) is 48.9 Å². The highest BCUT2D eigenvalue weighted by atomic mass is 16.5. The van der Waals surface area contributed by atoms with Crippen LogP contribution in [-0.4, -0.2) is 71.7 Å². The van der Waals surface area contributed by atoms with Gasteiger partial charge in [0, 0.05) is 43.1 Å². The van der Waals surface area contributed by atoms with E-state index in [9.17, 15) is 14.7 Å². The lowest BCUT2D eigenvalue weighted by Crippen LogP contribution is -2.73. The van der Waals surface area contributed by atoms with Crippen molar-refractivity contribution in [3.8, 4) is 11.8 Å². The summed E-state index contributed by atoms with van der Waals surface area (Å²) in [7, 11) is 0. The molecule has 3 saturated heterocycles. The minimum absolute atomic E-state index is 0.0320. The quantitative estimate of drug-likeness (QED) is 0.719. The first-order valence-electron chi connectivity index (χ1n) is 12.6. The molecule has 1 aromatic carbocycles. The van der Waals surface area contributed by atoms with E-state index >= 15 is 0 Å². The molecule has 1 saturated carbocycles. The number of hydrogen-bond acceptors (Lipinski definition) is 4. The number of aliphatic hydroxyl groups is 1. The summed E-state index contributed by atoms with van der Waals surface area (Å²) >= 11 is 0. The van der Waals surface area contributed by atoms with Crippen LogP contribution >= 0.6 is 0 Å². The molecule has 0 bridgehead atoms. The second kappa shape index (κ2) is 9.87. The van der Waals surface area contributed by atoms with Crippen molar-refractivity contribution in [1.82, 2.24) is 9.80 Å². The van der Waals surface area contributed by atoms with Crippen molar-refractivity contribution in [3.05, 3.63) is 35.4 Å². The Labute approximate surface area is 196 Å². The zero-order chi connectivity index (χ0) is 22.8. The molecular formula is C27H34N2O4. The molecule has 0 aromatic heterocycles. The van der Waals surface area contributed by atoms with Gasteiger partial charge < -0.3 is 19.6 Å². The number of carbonyl (C=O) groups is 2. The standard InChI is InChI=1S/C27H34N2O4/c30-18-24-26(21-10-8-20(9-11-21)7-6-19-4-2-1-3-5-19)23-16-28(17-25(31)29(23)24)27(32)22-12-14-33-15-13-22/h8-11,19,22-24,26,30H,1-5,12-18H2/t23-,24-,26-/m1/s1. The fourth-order valence-corrected chi connectivity index (χ4v) is 6.09. The van der Waals surface area contributed by atoms with Crippen LogP contribution in [0.2, 0.25) is 0 Å². The van der Waals surface area contributed by atoms with E-state index in [4.69, 9.17) is 4.74 Å². The molecule has 4 fully saturated rings. The lowest BCUT2D eigenvalue weighted by Gasteiger charge is -2.59. The van der Waals surface area contributed by atoms with Gasteiger partial charge in [-0.25, -0.2) is 0 Å². The number of nitrogens with zero attached hydrogens (tertiary/aromatic N) is 2. The maximum Gasteiger partial charge on any atom is 0.242 e. The van der Waals surface area contributed by atoms with Crippen molar-refractivity contribution >= 4 is 11.8 Å². The molecule has 5 rings (SSSR count). The molecule has 0 unspecified atom stereocenters. The zero-order valence-electron chi connectivity index (χ0n) is 19.2. The second-order valence-corrected chi connectivity index (χ2v) is 9.98. The predicted molar refractivity (Wildman–Crippen MR) is 124 cm³/mol. The largest absolute Gasteiger partial charge is 0.394 e. The smallest absolute Gasteiger partial charge is 0.242 e. The van der Waals surface area contributed by atoms with Crippen LogP contribution in [0, 0.1) is 23.7 Å². The summed E-state index contributed by atoms with van der Waals surface area (Å²) in [6.07, 6.45) is 7.77. The van der Waals surface area contributed by atoms with E-state index in [1.165, 1.54) is 32.1 Å². The molecular weight excluding hydrogens is 416 g/mol. The third-order valence-corrected chi connectivity index (χ3v) is 7.96. The van der Waals surface area contributed by atoms with Gasteiger partial charge in [-0.3, -0.25) is 9.59 Å². The lowest BCUT2D eigenvalue weighted by molar-refractivity contribution is -0.169. The molecule has 3 aliphatic heterocycles. The van der Waals surface area contributed by atoms with Gasteiger partial charge in [-0.15, -0.1) is 0 Å². The molecule has 6 heteroatoms. The van der Waals surface area contributed by atoms with Gasteiger partial charge in [0.15, 0.2) is 0 Å². The van der Waals surface area contributed by atoms with Crippen molar-refractivity contribution in [1.29, 1.82) is 0 Å². The molecule has 4 aliphatic rings. The summed E-state index contributed by atoms with van der Waals surface area (Å²) < 4.78 is 5.39. The second-order valence-electron chi connectivity index (χ2n) is 9.98. The van der Waals surface area contributed by atoms with Gasteiger partial charge in [0.1, 0.15) is 0 Å². The Morgan fingerprint density at radius 2 is 1.79 bits per heavy atom. The topological polar surface area (TPSA) is 70.1 Å². The third kappa shape index (κ3) is 4.54. The van der Waals surface area contributed by atoms with Crippen molar-refractivity contribution in [2.45, 2.75) is 62.9 Å². The molecule has 0 radical (unpaired) electrons. The molecule has 3 heterocycles. The third-order valence-electron chi connectivity index (χ3n) is 7.96. The Balaban J connectivity index is 1.29. The number of amides is 2.